The van der Waals surface area contributed by atoms with Gasteiger partial charge in [-0.3, -0.25) is 0 Å². The van der Waals surface area contributed by atoms with E-state index in [1.165, 1.54) is 0 Å². The minimum Gasteiger partial charge on any atom is -0.396 e. The Morgan fingerprint density at radius 1 is 1.42 bits per heavy atom. The fourth-order valence-corrected chi connectivity index (χ4v) is 2.28. The second-order valence-corrected chi connectivity index (χ2v) is 4.45. The first-order chi connectivity index (χ1) is 5.50. The number of ketones is 1. The molecule has 0 aliphatic heterocycles. The minimum absolute atomic E-state index is 0.252. The Morgan fingerprint density at radius 3 is 2.42 bits per heavy atom. The number of rotatable bonds is 4. The summed E-state index contributed by atoms with van der Waals surface area (Å²) in [6.07, 6.45) is 1.54. The van der Waals surface area contributed by atoms with E-state index in [4.69, 9.17) is 5.11 Å². The molecule has 0 aromatic rings. The molecule has 12 heavy (non-hydrogen) atoms. The maximum absolute atomic E-state index is 10.9. The monoisotopic (exact) mass is 170 g/mol. The average molecular weight is 170 g/mol. The van der Waals surface area contributed by atoms with Gasteiger partial charge in [-0.2, -0.15) is 0 Å². The van der Waals surface area contributed by atoms with E-state index in [0.717, 1.165) is 6.42 Å². The van der Waals surface area contributed by atoms with Gasteiger partial charge in [0.2, 0.25) is 0 Å². The van der Waals surface area contributed by atoms with Crippen molar-refractivity contribution in [3.63, 3.8) is 0 Å². The van der Waals surface area contributed by atoms with Crippen LogP contribution in [-0.2, 0) is 4.79 Å². The Morgan fingerprint density at radius 2 is 2.00 bits per heavy atom. The number of aliphatic hydroxyl groups is 1. The van der Waals surface area contributed by atoms with E-state index >= 15 is 0 Å². The molecule has 0 unspecified atom stereocenters. The molecular formula is C10H18O2. The predicted octanol–water partition coefficient (Wildman–Crippen LogP) is 1.62. The highest BCUT2D eigenvalue weighted by Gasteiger charge is 2.56. The van der Waals surface area contributed by atoms with Crippen molar-refractivity contribution in [1.82, 2.24) is 0 Å². The molecule has 1 rings (SSSR count). The van der Waals surface area contributed by atoms with Gasteiger partial charge >= 0.3 is 0 Å². The van der Waals surface area contributed by atoms with E-state index in [9.17, 15) is 4.79 Å². The van der Waals surface area contributed by atoms with E-state index in [0.29, 0.717) is 18.3 Å². The Bertz CT molecular complexity index is 184. The molecule has 2 atom stereocenters. The van der Waals surface area contributed by atoms with Crippen LogP contribution in [-0.4, -0.2) is 17.5 Å². The van der Waals surface area contributed by atoms with Crippen molar-refractivity contribution in [1.29, 1.82) is 0 Å². The van der Waals surface area contributed by atoms with Crippen molar-refractivity contribution < 1.29 is 9.90 Å². The number of Topliss-reactive ketones (excluding diaryl/α,β-unsaturated/α-hetero) is 1. The summed E-state index contributed by atoms with van der Waals surface area (Å²) in [5, 5.41) is 8.78. The highest BCUT2D eigenvalue weighted by atomic mass is 16.3. The zero-order valence-electron chi connectivity index (χ0n) is 8.13. The fourth-order valence-electron chi connectivity index (χ4n) is 2.28. The summed E-state index contributed by atoms with van der Waals surface area (Å²) in [5.41, 5.74) is 0.286. The normalized spacial score (nSPS) is 31.7. The lowest BCUT2D eigenvalue weighted by Crippen LogP contribution is -1.96. The van der Waals surface area contributed by atoms with Crippen molar-refractivity contribution in [3.05, 3.63) is 0 Å². The largest absolute Gasteiger partial charge is 0.396 e. The standard InChI is InChI=1S/C10H18O2/c1-7(12)6-9-8(4-5-11)10(9,2)3/h8-9,11H,4-6H2,1-3H3/t8-,9+/m0/s1. The smallest absolute Gasteiger partial charge is 0.130 e. The maximum atomic E-state index is 10.9. The molecule has 0 amide bonds. The van der Waals surface area contributed by atoms with Gasteiger partial charge in [0.15, 0.2) is 0 Å². The topological polar surface area (TPSA) is 37.3 Å². The number of carbonyl (C=O) groups excluding carboxylic acids is 1. The van der Waals surface area contributed by atoms with Gasteiger partial charge < -0.3 is 9.90 Å². The van der Waals surface area contributed by atoms with E-state index in [-0.39, 0.29) is 17.8 Å². The average Bonchev–Trinajstić information content (AvgIpc) is 2.39. The summed E-state index contributed by atoms with van der Waals surface area (Å²) in [6, 6.07) is 0. The van der Waals surface area contributed by atoms with E-state index in [1.54, 1.807) is 6.92 Å². The van der Waals surface area contributed by atoms with E-state index in [1.807, 2.05) is 0 Å². The van der Waals surface area contributed by atoms with Gasteiger partial charge in [0.1, 0.15) is 5.78 Å². The lowest BCUT2D eigenvalue weighted by Gasteiger charge is -1.99. The van der Waals surface area contributed by atoms with Gasteiger partial charge in [0.25, 0.3) is 0 Å². The number of hydrogen-bond donors (Lipinski definition) is 1. The molecule has 2 nitrogen and oxygen atoms in total. The zero-order valence-corrected chi connectivity index (χ0v) is 8.13. The molecule has 2 heteroatoms. The molecule has 1 N–H and O–H groups in total. The molecule has 1 fully saturated rings. The maximum Gasteiger partial charge on any atom is 0.130 e. The molecule has 1 aliphatic carbocycles. The third kappa shape index (κ3) is 1.69. The summed E-state index contributed by atoms with van der Waals surface area (Å²) in [5.74, 6) is 1.35. The summed E-state index contributed by atoms with van der Waals surface area (Å²) in [4.78, 5) is 10.9. The van der Waals surface area contributed by atoms with Crippen LogP contribution < -0.4 is 0 Å². The zero-order chi connectivity index (χ0) is 9.35. The van der Waals surface area contributed by atoms with Crippen molar-refractivity contribution in [2.45, 2.75) is 33.6 Å². The highest BCUT2D eigenvalue weighted by molar-refractivity contribution is 5.76. The summed E-state index contributed by atoms with van der Waals surface area (Å²) >= 11 is 0. The van der Waals surface area contributed by atoms with Crippen LogP contribution in [0, 0.1) is 17.3 Å². The van der Waals surface area contributed by atoms with Crippen LogP contribution in [0.15, 0.2) is 0 Å². The van der Waals surface area contributed by atoms with Crippen LogP contribution in [0.2, 0.25) is 0 Å². The molecule has 0 aromatic heterocycles. The van der Waals surface area contributed by atoms with Crippen LogP contribution in [0.1, 0.15) is 33.6 Å². The first-order valence-corrected chi connectivity index (χ1v) is 4.60. The molecule has 0 spiro atoms. The summed E-state index contributed by atoms with van der Waals surface area (Å²) in [7, 11) is 0. The minimum atomic E-state index is 0.252. The van der Waals surface area contributed by atoms with Crippen molar-refractivity contribution in [3.8, 4) is 0 Å². The van der Waals surface area contributed by atoms with Crippen LogP contribution >= 0.6 is 0 Å². The molecule has 1 saturated carbocycles. The molecular weight excluding hydrogens is 152 g/mol. The number of hydrogen-bond acceptors (Lipinski definition) is 2. The van der Waals surface area contributed by atoms with Crippen molar-refractivity contribution in [2.24, 2.45) is 17.3 Å². The fraction of sp³-hybridized carbons (Fsp3) is 0.900. The molecule has 0 saturated heterocycles. The molecule has 1 aliphatic rings. The van der Waals surface area contributed by atoms with Gasteiger partial charge in [0, 0.05) is 13.0 Å². The molecule has 0 aromatic carbocycles. The van der Waals surface area contributed by atoms with Gasteiger partial charge in [-0.1, -0.05) is 13.8 Å². The van der Waals surface area contributed by atoms with Crippen LogP contribution in [0.3, 0.4) is 0 Å². The van der Waals surface area contributed by atoms with Gasteiger partial charge in [-0.25, -0.2) is 0 Å². The molecule has 0 radical (unpaired) electrons. The second kappa shape index (κ2) is 3.17. The first kappa shape index (κ1) is 9.72. The van der Waals surface area contributed by atoms with Gasteiger partial charge in [-0.15, -0.1) is 0 Å². The second-order valence-electron chi connectivity index (χ2n) is 4.45. The lowest BCUT2D eigenvalue weighted by atomic mass is 10.1. The van der Waals surface area contributed by atoms with Crippen LogP contribution in [0.5, 0.6) is 0 Å². The summed E-state index contributed by atoms with van der Waals surface area (Å²) in [6.45, 7) is 6.26. The summed E-state index contributed by atoms with van der Waals surface area (Å²) < 4.78 is 0. The molecule has 70 valence electrons. The number of carbonyl (C=O) groups is 1. The lowest BCUT2D eigenvalue weighted by molar-refractivity contribution is -0.117. The number of aliphatic hydroxyl groups excluding tert-OH is 1. The van der Waals surface area contributed by atoms with Gasteiger partial charge in [0.05, 0.1) is 0 Å². The van der Waals surface area contributed by atoms with Crippen LogP contribution in [0.4, 0.5) is 0 Å². The Balaban J connectivity index is 2.43. The Kier molecular flexibility index (Phi) is 2.57. The van der Waals surface area contributed by atoms with E-state index < -0.39 is 0 Å². The van der Waals surface area contributed by atoms with Crippen molar-refractivity contribution in [2.75, 3.05) is 6.61 Å². The highest BCUT2D eigenvalue weighted by Crippen LogP contribution is 2.61. The SMILES string of the molecule is CC(=O)C[C@@H]1[C@H](CCO)C1(C)C. The molecule has 0 heterocycles. The third-order valence-corrected chi connectivity index (χ3v) is 3.24. The third-order valence-electron chi connectivity index (χ3n) is 3.24. The molecule has 0 bridgehead atoms. The van der Waals surface area contributed by atoms with Crippen LogP contribution in [0.25, 0.3) is 0 Å². The quantitative estimate of drug-likeness (QED) is 0.696. The first-order valence-electron chi connectivity index (χ1n) is 4.60. The van der Waals surface area contributed by atoms with Gasteiger partial charge in [-0.05, 0) is 30.6 Å². The Hall–Kier alpha value is -0.370. The van der Waals surface area contributed by atoms with Crippen molar-refractivity contribution >= 4 is 5.78 Å². The van der Waals surface area contributed by atoms with E-state index in [2.05, 4.69) is 13.8 Å². The predicted molar refractivity (Wildman–Crippen MR) is 47.8 cm³/mol. The Labute approximate surface area is 74.0 Å².